The average Bonchev–Trinajstić information content (AvgIpc) is 2.41. The summed E-state index contributed by atoms with van der Waals surface area (Å²) in [5.74, 6) is 0. The van der Waals surface area contributed by atoms with E-state index in [2.05, 4.69) is 24.0 Å². The van der Waals surface area contributed by atoms with Gasteiger partial charge in [-0.05, 0) is 37.5 Å². The molecule has 2 rings (SSSR count). The molecule has 18 heavy (non-hydrogen) atoms. The fraction of sp³-hybridized carbons (Fsp3) is 0.533. The molecule has 3 nitrogen and oxygen atoms in total. The molecule has 1 aromatic rings. The Hall–Kier alpha value is -1.37. The lowest BCUT2D eigenvalue weighted by atomic mass is 9.95. The van der Waals surface area contributed by atoms with Gasteiger partial charge in [-0.15, -0.1) is 0 Å². The molecule has 1 aromatic carbocycles. The van der Waals surface area contributed by atoms with Gasteiger partial charge in [0.25, 0.3) is 0 Å². The maximum absolute atomic E-state index is 8.93. The molecule has 2 atom stereocenters. The van der Waals surface area contributed by atoms with E-state index in [-0.39, 0.29) is 0 Å². The molecule has 1 aliphatic rings. The predicted molar refractivity (Wildman–Crippen MR) is 72.9 cm³/mol. The van der Waals surface area contributed by atoms with Crippen molar-refractivity contribution in [2.75, 3.05) is 6.54 Å². The van der Waals surface area contributed by atoms with Crippen molar-refractivity contribution in [3.05, 3.63) is 35.4 Å². The Labute approximate surface area is 109 Å². The number of benzene rings is 1. The molecule has 2 N–H and O–H groups in total. The highest BCUT2D eigenvalue weighted by Crippen LogP contribution is 2.24. The quantitative estimate of drug-likeness (QED) is 0.886. The van der Waals surface area contributed by atoms with Crippen LogP contribution in [-0.2, 0) is 6.54 Å². The largest absolute Gasteiger partial charge is 0.329 e. The van der Waals surface area contributed by atoms with Crippen LogP contribution in [-0.4, -0.2) is 23.5 Å². The van der Waals surface area contributed by atoms with Crippen molar-refractivity contribution in [1.82, 2.24) is 4.90 Å². The van der Waals surface area contributed by atoms with Crippen molar-refractivity contribution in [2.24, 2.45) is 5.73 Å². The zero-order valence-electron chi connectivity index (χ0n) is 11.0. The van der Waals surface area contributed by atoms with Crippen LogP contribution in [0.2, 0.25) is 0 Å². The fourth-order valence-electron chi connectivity index (χ4n) is 2.83. The second kappa shape index (κ2) is 5.99. The number of rotatable bonds is 3. The van der Waals surface area contributed by atoms with Gasteiger partial charge >= 0.3 is 0 Å². The fourth-order valence-corrected chi connectivity index (χ4v) is 2.83. The number of nitrogens with two attached hydrogens (primary N) is 1. The molecule has 0 amide bonds. The number of hydrogen-bond acceptors (Lipinski definition) is 3. The minimum atomic E-state index is 0.486. The van der Waals surface area contributed by atoms with Crippen LogP contribution in [0.5, 0.6) is 0 Å². The van der Waals surface area contributed by atoms with Gasteiger partial charge in [-0.25, -0.2) is 0 Å². The third-order valence-electron chi connectivity index (χ3n) is 3.89. The topological polar surface area (TPSA) is 53.0 Å². The van der Waals surface area contributed by atoms with Gasteiger partial charge < -0.3 is 5.73 Å². The van der Waals surface area contributed by atoms with E-state index in [1.807, 2.05) is 18.2 Å². The summed E-state index contributed by atoms with van der Waals surface area (Å²) in [4.78, 5) is 2.49. The number of hydrogen-bond donors (Lipinski definition) is 1. The van der Waals surface area contributed by atoms with E-state index in [0.29, 0.717) is 12.1 Å². The first-order valence-electron chi connectivity index (χ1n) is 6.69. The third kappa shape index (κ3) is 2.90. The van der Waals surface area contributed by atoms with Gasteiger partial charge in [0.2, 0.25) is 0 Å². The molecule has 2 unspecified atom stereocenters. The molecule has 1 heterocycles. The van der Waals surface area contributed by atoms with E-state index >= 15 is 0 Å². The second-order valence-electron chi connectivity index (χ2n) is 5.15. The normalized spacial score (nSPS) is 24.7. The summed E-state index contributed by atoms with van der Waals surface area (Å²) >= 11 is 0. The smallest absolute Gasteiger partial charge is 0.0991 e. The summed E-state index contributed by atoms with van der Waals surface area (Å²) in [6, 6.07) is 11.1. The van der Waals surface area contributed by atoms with E-state index in [0.717, 1.165) is 18.7 Å². The maximum atomic E-state index is 8.93. The van der Waals surface area contributed by atoms with Gasteiger partial charge in [0.05, 0.1) is 11.6 Å². The Morgan fingerprint density at radius 3 is 3.00 bits per heavy atom. The molecule has 0 radical (unpaired) electrons. The molecule has 1 saturated heterocycles. The molecule has 1 aliphatic heterocycles. The van der Waals surface area contributed by atoms with Gasteiger partial charge in [0.1, 0.15) is 0 Å². The summed E-state index contributed by atoms with van der Waals surface area (Å²) in [5.41, 5.74) is 7.82. The first-order valence-corrected chi connectivity index (χ1v) is 6.69. The van der Waals surface area contributed by atoms with Gasteiger partial charge in [-0.1, -0.05) is 18.6 Å². The highest BCUT2D eigenvalue weighted by atomic mass is 15.2. The minimum absolute atomic E-state index is 0.486. The van der Waals surface area contributed by atoms with Crippen molar-refractivity contribution in [1.29, 1.82) is 5.26 Å². The predicted octanol–water partition coefficient (Wildman–Crippen LogP) is 2.26. The lowest BCUT2D eigenvalue weighted by Crippen LogP contribution is -2.48. The third-order valence-corrected chi connectivity index (χ3v) is 3.89. The summed E-state index contributed by atoms with van der Waals surface area (Å²) in [5, 5.41) is 8.93. The van der Waals surface area contributed by atoms with Crippen LogP contribution in [0.3, 0.4) is 0 Å². The summed E-state index contributed by atoms with van der Waals surface area (Å²) in [7, 11) is 0. The Morgan fingerprint density at radius 2 is 2.28 bits per heavy atom. The lowest BCUT2D eigenvalue weighted by molar-refractivity contribution is 0.0892. The maximum Gasteiger partial charge on any atom is 0.0991 e. The van der Waals surface area contributed by atoms with Crippen molar-refractivity contribution < 1.29 is 0 Å². The van der Waals surface area contributed by atoms with Crippen LogP contribution in [0, 0.1) is 11.3 Å². The van der Waals surface area contributed by atoms with Crippen LogP contribution in [0.1, 0.15) is 37.3 Å². The summed E-state index contributed by atoms with van der Waals surface area (Å²) in [6.07, 6.45) is 3.71. The molecule has 3 heteroatoms. The van der Waals surface area contributed by atoms with Crippen LogP contribution in [0.25, 0.3) is 0 Å². The Kier molecular flexibility index (Phi) is 4.35. The molecular formula is C15H21N3. The van der Waals surface area contributed by atoms with Crippen molar-refractivity contribution in [3.8, 4) is 6.07 Å². The van der Waals surface area contributed by atoms with Crippen LogP contribution in [0.4, 0.5) is 0 Å². The summed E-state index contributed by atoms with van der Waals surface area (Å²) in [6.45, 7) is 3.90. The zero-order chi connectivity index (χ0) is 13.0. The highest BCUT2D eigenvalue weighted by molar-refractivity contribution is 5.32. The van der Waals surface area contributed by atoms with E-state index in [1.54, 1.807) is 0 Å². The number of nitrogens with zero attached hydrogens (tertiary/aromatic N) is 2. The number of nitriles is 1. The molecule has 0 aromatic heterocycles. The van der Waals surface area contributed by atoms with E-state index < -0.39 is 0 Å². The monoisotopic (exact) mass is 243 g/mol. The number of likely N-dealkylation sites (tertiary alicyclic amines) is 1. The molecule has 0 bridgehead atoms. The molecule has 96 valence electrons. The first-order chi connectivity index (χ1) is 8.74. The van der Waals surface area contributed by atoms with E-state index in [9.17, 15) is 0 Å². The van der Waals surface area contributed by atoms with E-state index in [1.165, 1.54) is 24.8 Å². The molecule has 0 saturated carbocycles. The SMILES string of the molecule is CC1CCCC(CN)N1Cc1cccc(C#N)c1. The highest BCUT2D eigenvalue weighted by Gasteiger charge is 2.26. The van der Waals surface area contributed by atoms with Crippen molar-refractivity contribution >= 4 is 0 Å². The van der Waals surface area contributed by atoms with Crippen LogP contribution in [0.15, 0.2) is 24.3 Å². The Balaban J connectivity index is 2.12. The molecule has 0 spiro atoms. The van der Waals surface area contributed by atoms with Gasteiger partial charge in [0, 0.05) is 25.2 Å². The van der Waals surface area contributed by atoms with Crippen molar-refractivity contribution in [3.63, 3.8) is 0 Å². The van der Waals surface area contributed by atoms with E-state index in [4.69, 9.17) is 11.0 Å². The lowest BCUT2D eigenvalue weighted by Gasteiger charge is -2.40. The minimum Gasteiger partial charge on any atom is -0.329 e. The van der Waals surface area contributed by atoms with Crippen LogP contribution >= 0.6 is 0 Å². The van der Waals surface area contributed by atoms with Crippen molar-refractivity contribution in [2.45, 2.75) is 44.8 Å². The molecular weight excluding hydrogens is 222 g/mol. The standard InChI is InChI=1S/C15H21N3/c1-12-4-2-7-15(10-17)18(12)11-14-6-3-5-13(8-14)9-16/h3,5-6,8,12,15H,2,4,7,10-11,17H2,1H3. The summed E-state index contributed by atoms with van der Waals surface area (Å²) < 4.78 is 0. The van der Waals surface area contributed by atoms with Crippen LogP contribution < -0.4 is 5.73 Å². The van der Waals surface area contributed by atoms with Gasteiger partial charge in [0.15, 0.2) is 0 Å². The Morgan fingerprint density at radius 1 is 1.44 bits per heavy atom. The number of piperidine rings is 1. The Bertz CT molecular complexity index is 436. The average molecular weight is 243 g/mol. The van der Waals surface area contributed by atoms with Gasteiger partial charge in [-0.2, -0.15) is 5.26 Å². The van der Waals surface area contributed by atoms with Gasteiger partial charge in [-0.3, -0.25) is 4.90 Å². The second-order valence-corrected chi connectivity index (χ2v) is 5.15. The molecule has 1 fully saturated rings. The first kappa shape index (κ1) is 13.1. The molecule has 0 aliphatic carbocycles. The zero-order valence-corrected chi connectivity index (χ0v) is 11.0.